The lowest BCUT2D eigenvalue weighted by molar-refractivity contribution is 0.301. The molecule has 2 aliphatic rings. The zero-order chi connectivity index (χ0) is 23.7. The first-order chi connectivity index (χ1) is 16.4. The third-order valence-electron chi connectivity index (χ3n) is 6.75. The molecule has 178 valence electrons. The summed E-state index contributed by atoms with van der Waals surface area (Å²) in [5, 5.41) is 11.4. The Morgan fingerprint density at radius 1 is 1.00 bits per heavy atom. The lowest BCUT2D eigenvalue weighted by atomic mass is 10.0. The highest BCUT2D eigenvalue weighted by atomic mass is 32.2. The molecule has 5 rings (SSSR count). The second-order valence-corrected chi connectivity index (χ2v) is 11.0. The molecule has 1 aromatic heterocycles. The quantitative estimate of drug-likeness (QED) is 0.530. The number of aromatic nitrogens is 2. The van der Waals surface area contributed by atoms with Gasteiger partial charge in [0.15, 0.2) is 5.03 Å². The number of sulfonamides is 1. The highest BCUT2D eigenvalue weighted by molar-refractivity contribution is 7.92. The highest BCUT2D eigenvalue weighted by Gasteiger charge is 2.40. The second-order valence-electron chi connectivity index (χ2n) is 9.34. The Labute approximate surface area is 199 Å². The maximum absolute atomic E-state index is 13.5. The predicted molar refractivity (Wildman–Crippen MR) is 129 cm³/mol. The molecule has 1 saturated carbocycles. The summed E-state index contributed by atoms with van der Waals surface area (Å²) in [7, 11) is -3.78. The van der Waals surface area contributed by atoms with E-state index in [0.717, 1.165) is 38.0 Å². The van der Waals surface area contributed by atoms with Crippen LogP contribution < -0.4 is 10.0 Å². The van der Waals surface area contributed by atoms with E-state index in [0.29, 0.717) is 34.9 Å². The van der Waals surface area contributed by atoms with Crippen LogP contribution in [0, 0.1) is 24.6 Å². The number of fused-ring (bicyclic) bond motifs is 1. The van der Waals surface area contributed by atoms with Crippen LogP contribution in [0.2, 0.25) is 0 Å². The van der Waals surface area contributed by atoms with Crippen LogP contribution in [-0.4, -0.2) is 42.6 Å². The number of aryl methyl sites for hydroxylation is 1. The van der Waals surface area contributed by atoms with Gasteiger partial charge in [0.25, 0.3) is 10.0 Å². The minimum Gasteiger partial charge on any atom is -0.366 e. The van der Waals surface area contributed by atoms with Crippen LogP contribution in [0.25, 0.3) is 0 Å². The monoisotopic (exact) mass is 481 g/mol. The van der Waals surface area contributed by atoms with Gasteiger partial charge in [-0.15, -0.1) is 10.2 Å². The lowest BCUT2D eigenvalue weighted by Crippen LogP contribution is -2.25. The van der Waals surface area contributed by atoms with Gasteiger partial charge in [-0.3, -0.25) is 9.62 Å². The molecule has 2 aromatic carbocycles. The lowest BCUT2D eigenvalue weighted by Gasteiger charge is -2.20. The maximum atomic E-state index is 13.5. The molecule has 3 atom stereocenters. The van der Waals surface area contributed by atoms with Crippen molar-refractivity contribution in [3.05, 3.63) is 77.6 Å². The zero-order valence-corrected chi connectivity index (χ0v) is 19.8. The summed E-state index contributed by atoms with van der Waals surface area (Å²) in [4.78, 5) is 2.46. The number of nitrogens with zero attached hydrogens (tertiary/aromatic N) is 3. The molecule has 9 heteroatoms. The zero-order valence-electron chi connectivity index (χ0n) is 19.0. The predicted octanol–water partition coefficient (Wildman–Crippen LogP) is 4.05. The van der Waals surface area contributed by atoms with Gasteiger partial charge in [0, 0.05) is 31.4 Å². The normalized spacial score (nSPS) is 22.5. The molecule has 0 amide bonds. The summed E-state index contributed by atoms with van der Waals surface area (Å²) in [6.45, 7) is 4.73. The van der Waals surface area contributed by atoms with E-state index >= 15 is 0 Å². The molecule has 1 saturated heterocycles. The first-order valence-electron chi connectivity index (χ1n) is 11.5. The fourth-order valence-electron chi connectivity index (χ4n) is 5.17. The molecule has 2 fully saturated rings. The van der Waals surface area contributed by atoms with Crippen molar-refractivity contribution >= 4 is 21.5 Å². The van der Waals surface area contributed by atoms with Crippen molar-refractivity contribution in [3.63, 3.8) is 0 Å². The third-order valence-corrected chi connectivity index (χ3v) is 8.02. The molecule has 7 nitrogen and oxygen atoms in total. The van der Waals surface area contributed by atoms with Crippen LogP contribution in [-0.2, 0) is 16.6 Å². The minimum absolute atomic E-state index is 0.114. The smallest absolute Gasteiger partial charge is 0.281 e. The van der Waals surface area contributed by atoms with Crippen LogP contribution in [0.15, 0.2) is 65.7 Å². The topological polar surface area (TPSA) is 87.2 Å². The fourth-order valence-corrected chi connectivity index (χ4v) is 6.12. The Morgan fingerprint density at radius 3 is 2.38 bits per heavy atom. The minimum atomic E-state index is -3.78. The summed E-state index contributed by atoms with van der Waals surface area (Å²) in [5.41, 5.74) is 2.32. The summed E-state index contributed by atoms with van der Waals surface area (Å²) in [6.07, 6.45) is 2.09. The first-order valence-corrected chi connectivity index (χ1v) is 13.0. The molecule has 1 unspecified atom stereocenters. The number of anilines is 2. The number of para-hydroxylation sites is 1. The summed E-state index contributed by atoms with van der Waals surface area (Å²) in [5.74, 6) is 1.66. The van der Waals surface area contributed by atoms with Crippen molar-refractivity contribution in [2.24, 2.45) is 11.8 Å². The Hall–Kier alpha value is -3.04. The van der Waals surface area contributed by atoms with E-state index in [9.17, 15) is 12.8 Å². The molecule has 1 aliphatic carbocycles. The van der Waals surface area contributed by atoms with Crippen molar-refractivity contribution in [1.82, 2.24) is 15.1 Å². The van der Waals surface area contributed by atoms with Crippen molar-refractivity contribution in [2.45, 2.75) is 37.4 Å². The van der Waals surface area contributed by atoms with E-state index < -0.39 is 10.0 Å². The van der Waals surface area contributed by atoms with Crippen molar-refractivity contribution in [1.29, 1.82) is 0 Å². The van der Waals surface area contributed by atoms with Crippen molar-refractivity contribution < 1.29 is 12.8 Å². The van der Waals surface area contributed by atoms with E-state index in [1.807, 2.05) is 18.2 Å². The molecule has 0 bridgehead atoms. The Morgan fingerprint density at radius 2 is 1.74 bits per heavy atom. The molecule has 3 aromatic rings. The summed E-state index contributed by atoms with van der Waals surface area (Å²) < 4.78 is 41.1. The number of likely N-dealkylation sites (tertiary alicyclic amines) is 1. The van der Waals surface area contributed by atoms with Crippen LogP contribution >= 0.6 is 0 Å². The average Bonchev–Trinajstić information content (AvgIpc) is 3.35. The van der Waals surface area contributed by atoms with Crippen molar-refractivity contribution in [3.8, 4) is 0 Å². The van der Waals surface area contributed by atoms with Gasteiger partial charge in [0.2, 0.25) is 0 Å². The number of benzene rings is 2. The van der Waals surface area contributed by atoms with Gasteiger partial charge in [-0.25, -0.2) is 4.39 Å². The number of hydrogen-bond donors (Lipinski definition) is 2. The summed E-state index contributed by atoms with van der Waals surface area (Å²) >= 11 is 0. The first kappa shape index (κ1) is 22.7. The van der Waals surface area contributed by atoms with E-state index in [4.69, 9.17) is 0 Å². The highest BCUT2D eigenvalue weighted by Crippen LogP contribution is 2.39. The Balaban J connectivity index is 1.14. The van der Waals surface area contributed by atoms with E-state index in [-0.39, 0.29) is 10.8 Å². The molecule has 2 heterocycles. The number of nitrogens with one attached hydrogen (secondary N) is 2. The van der Waals surface area contributed by atoms with Gasteiger partial charge in [-0.1, -0.05) is 30.3 Å². The van der Waals surface area contributed by atoms with Gasteiger partial charge in [0.1, 0.15) is 11.6 Å². The van der Waals surface area contributed by atoms with Crippen LogP contribution in [0.1, 0.15) is 24.0 Å². The molecular formula is C25H28FN5O2S. The maximum Gasteiger partial charge on any atom is 0.281 e. The molecule has 0 spiro atoms. The van der Waals surface area contributed by atoms with Gasteiger partial charge in [0.05, 0.1) is 0 Å². The Bertz CT molecular complexity index is 1240. The Kier molecular flexibility index (Phi) is 6.22. The second kappa shape index (κ2) is 9.31. The molecule has 2 N–H and O–H groups in total. The standard InChI is InChI=1S/C25H28FN5O2S/c1-17-11-18(7-8-23(17)26)14-31-15-19-12-22(13-20(19)16-31)27-24-9-10-25(29-28-24)34(32,33)30-21-5-3-2-4-6-21/h2-11,19-20,22,30H,12-16H2,1H3,(H,27,28)/t19-,20+,22?. The van der Waals surface area contributed by atoms with Gasteiger partial charge in [-0.05, 0) is 73.1 Å². The molecule has 1 aliphatic heterocycles. The molecular weight excluding hydrogens is 453 g/mol. The number of halogens is 1. The van der Waals surface area contributed by atoms with Gasteiger partial charge >= 0.3 is 0 Å². The van der Waals surface area contributed by atoms with E-state index in [1.54, 1.807) is 43.3 Å². The third kappa shape index (κ3) is 5.05. The van der Waals surface area contributed by atoms with Gasteiger partial charge in [-0.2, -0.15) is 8.42 Å². The van der Waals surface area contributed by atoms with Crippen molar-refractivity contribution in [2.75, 3.05) is 23.1 Å². The van der Waals surface area contributed by atoms with Crippen LogP contribution in [0.4, 0.5) is 15.9 Å². The number of rotatable bonds is 7. The molecule has 0 radical (unpaired) electrons. The molecule has 34 heavy (non-hydrogen) atoms. The van der Waals surface area contributed by atoms with Crippen LogP contribution in [0.3, 0.4) is 0 Å². The van der Waals surface area contributed by atoms with E-state index in [1.165, 1.54) is 6.07 Å². The SMILES string of the molecule is Cc1cc(CN2C[C@H]3CC(Nc4ccc(S(=O)(=O)Nc5ccccc5)nn4)C[C@H]3C2)ccc1F. The van der Waals surface area contributed by atoms with Crippen LogP contribution in [0.5, 0.6) is 0 Å². The average molecular weight is 482 g/mol. The number of hydrogen-bond acceptors (Lipinski definition) is 6. The largest absolute Gasteiger partial charge is 0.366 e. The fraction of sp³-hybridized carbons (Fsp3) is 0.360. The summed E-state index contributed by atoms with van der Waals surface area (Å²) in [6, 6.07) is 17.5. The van der Waals surface area contributed by atoms with E-state index in [2.05, 4.69) is 25.1 Å². The van der Waals surface area contributed by atoms with Gasteiger partial charge < -0.3 is 5.32 Å².